The smallest absolute Gasteiger partial charge is 0.306 e. The van der Waals surface area contributed by atoms with Crippen LogP contribution in [0.5, 0.6) is 0 Å². The van der Waals surface area contributed by atoms with Gasteiger partial charge < -0.3 is 4.90 Å². The minimum absolute atomic E-state index is 0.414. The molecule has 0 aliphatic carbocycles. The Bertz CT molecular complexity index is 671. The maximum Gasteiger partial charge on any atom is 0.408 e. The molecule has 0 saturated carbocycles. The summed E-state index contributed by atoms with van der Waals surface area (Å²) in [6, 6.07) is 1.83. The standard InChI is InChI=1S/C17H25F3N6/c1-24-10-5-14(6-11-24)12-15-22-16(26(23-15)13-17(18,19)20)4-2-8-25-9-3-7-21-25/h3,7,9,14H,2,4-6,8,10-13H2,1H3. The Morgan fingerprint density at radius 3 is 2.65 bits per heavy atom. The lowest BCUT2D eigenvalue weighted by atomic mass is 9.94. The van der Waals surface area contributed by atoms with Crippen molar-refractivity contribution in [3.63, 3.8) is 0 Å². The summed E-state index contributed by atoms with van der Waals surface area (Å²) in [5.74, 6) is 1.40. The Morgan fingerprint density at radius 1 is 1.23 bits per heavy atom. The lowest BCUT2D eigenvalue weighted by Crippen LogP contribution is -2.31. The van der Waals surface area contributed by atoms with Crippen LogP contribution in [0.2, 0.25) is 0 Å². The number of aryl methyl sites for hydroxylation is 2. The first-order chi connectivity index (χ1) is 12.4. The highest BCUT2D eigenvalue weighted by atomic mass is 19.4. The van der Waals surface area contributed by atoms with E-state index < -0.39 is 12.7 Å². The number of hydrogen-bond donors (Lipinski definition) is 0. The van der Waals surface area contributed by atoms with Crippen LogP contribution < -0.4 is 0 Å². The van der Waals surface area contributed by atoms with Gasteiger partial charge in [0.1, 0.15) is 12.4 Å². The SMILES string of the molecule is CN1CCC(Cc2nc(CCCn3cccn3)n(CC(F)(F)F)n2)CC1. The molecule has 1 aliphatic heterocycles. The molecule has 0 radical (unpaired) electrons. The van der Waals surface area contributed by atoms with Gasteiger partial charge in [0.25, 0.3) is 0 Å². The summed E-state index contributed by atoms with van der Waals surface area (Å²) in [6.45, 7) is 1.61. The lowest BCUT2D eigenvalue weighted by Gasteiger charge is -2.28. The molecule has 2 aromatic heterocycles. The second-order valence-corrected chi connectivity index (χ2v) is 7.04. The van der Waals surface area contributed by atoms with Crippen LogP contribution in [0.1, 0.15) is 30.9 Å². The lowest BCUT2D eigenvalue weighted by molar-refractivity contribution is -0.143. The van der Waals surface area contributed by atoms with E-state index in [1.165, 1.54) is 0 Å². The van der Waals surface area contributed by atoms with Crippen LogP contribution in [-0.4, -0.2) is 55.8 Å². The van der Waals surface area contributed by atoms with E-state index in [0.29, 0.717) is 43.4 Å². The zero-order valence-electron chi connectivity index (χ0n) is 15.0. The number of piperidine rings is 1. The Morgan fingerprint density at radius 2 is 2.00 bits per heavy atom. The van der Waals surface area contributed by atoms with Crippen molar-refractivity contribution < 1.29 is 13.2 Å². The fourth-order valence-corrected chi connectivity index (χ4v) is 3.35. The second-order valence-electron chi connectivity index (χ2n) is 7.04. The molecule has 0 N–H and O–H groups in total. The van der Waals surface area contributed by atoms with Crippen LogP contribution in [0.15, 0.2) is 18.5 Å². The number of aromatic nitrogens is 5. The van der Waals surface area contributed by atoms with E-state index in [1.54, 1.807) is 10.9 Å². The maximum absolute atomic E-state index is 12.9. The quantitative estimate of drug-likeness (QED) is 0.752. The summed E-state index contributed by atoms with van der Waals surface area (Å²) >= 11 is 0. The number of alkyl halides is 3. The molecule has 26 heavy (non-hydrogen) atoms. The fourth-order valence-electron chi connectivity index (χ4n) is 3.35. The molecule has 1 saturated heterocycles. The van der Waals surface area contributed by atoms with Crippen molar-refractivity contribution >= 4 is 0 Å². The third-order valence-electron chi connectivity index (χ3n) is 4.78. The molecule has 3 rings (SSSR count). The molecule has 2 aromatic rings. The zero-order valence-corrected chi connectivity index (χ0v) is 15.0. The van der Waals surface area contributed by atoms with Crippen LogP contribution in [0.4, 0.5) is 13.2 Å². The van der Waals surface area contributed by atoms with Crippen LogP contribution in [0.3, 0.4) is 0 Å². The van der Waals surface area contributed by atoms with Gasteiger partial charge in [0.2, 0.25) is 0 Å². The van der Waals surface area contributed by atoms with E-state index in [0.717, 1.165) is 30.6 Å². The molecule has 1 aliphatic rings. The average molecular weight is 370 g/mol. The Balaban J connectivity index is 1.63. The van der Waals surface area contributed by atoms with Gasteiger partial charge in [-0.05, 0) is 51.4 Å². The second kappa shape index (κ2) is 8.20. The van der Waals surface area contributed by atoms with Gasteiger partial charge in [-0.2, -0.15) is 23.4 Å². The van der Waals surface area contributed by atoms with Gasteiger partial charge in [-0.1, -0.05) is 0 Å². The van der Waals surface area contributed by atoms with Crippen molar-refractivity contribution in [1.29, 1.82) is 0 Å². The van der Waals surface area contributed by atoms with E-state index in [1.807, 2.05) is 12.3 Å². The molecular formula is C17H25F3N6. The summed E-state index contributed by atoms with van der Waals surface area (Å²) in [4.78, 5) is 6.71. The van der Waals surface area contributed by atoms with Crippen molar-refractivity contribution in [2.75, 3.05) is 20.1 Å². The van der Waals surface area contributed by atoms with Crippen LogP contribution in [-0.2, 0) is 25.9 Å². The monoisotopic (exact) mass is 370 g/mol. The number of likely N-dealkylation sites (tertiary alicyclic amines) is 1. The zero-order chi connectivity index (χ0) is 18.6. The molecule has 0 aromatic carbocycles. The summed E-state index contributed by atoms with van der Waals surface area (Å²) in [6.07, 6.45) is 3.10. The number of nitrogens with zero attached hydrogens (tertiary/aromatic N) is 6. The Kier molecular flexibility index (Phi) is 5.95. The molecule has 9 heteroatoms. The maximum atomic E-state index is 12.9. The predicted molar refractivity (Wildman–Crippen MR) is 90.6 cm³/mol. The molecule has 0 amide bonds. The molecule has 6 nitrogen and oxygen atoms in total. The topological polar surface area (TPSA) is 51.8 Å². The molecule has 144 valence electrons. The van der Waals surface area contributed by atoms with Crippen molar-refractivity contribution in [3.05, 3.63) is 30.1 Å². The highest BCUT2D eigenvalue weighted by Gasteiger charge is 2.30. The molecule has 0 spiro atoms. The van der Waals surface area contributed by atoms with Gasteiger partial charge in [0.15, 0.2) is 5.82 Å². The third-order valence-corrected chi connectivity index (χ3v) is 4.78. The number of hydrogen-bond acceptors (Lipinski definition) is 4. The van der Waals surface area contributed by atoms with E-state index >= 15 is 0 Å². The first-order valence-electron chi connectivity index (χ1n) is 9.04. The van der Waals surface area contributed by atoms with E-state index in [4.69, 9.17) is 0 Å². The first-order valence-corrected chi connectivity index (χ1v) is 9.04. The summed E-state index contributed by atoms with van der Waals surface area (Å²) in [5, 5.41) is 8.28. The van der Waals surface area contributed by atoms with Crippen molar-refractivity contribution in [3.8, 4) is 0 Å². The molecule has 0 bridgehead atoms. The minimum Gasteiger partial charge on any atom is -0.306 e. The average Bonchev–Trinajstić information content (AvgIpc) is 3.19. The first kappa shape index (κ1) is 18.9. The molecular weight excluding hydrogens is 345 g/mol. The largest absolute Gasteiger partial charge is 0.408 e. The van der Waals surface area contributed by atoms with Crippen LogP contribution in [0.25, 0.3) is 0 Å². The molecule has 0 atom stereocenters. The Hall–Kier alpha value is -1.90. The number of halogens is 3. The van der Waals surface area contributed by atoms with E-state index in [9.17, 15) is 13.2 Å². The van der Waals surface area contributed by atoms with Gasteiger partial charge in [-0.25, -0.2) is 9.67 Å². The van der Waals surface area contributed by atoms with Gasteiger partial charge in [0, 0.05) is 31.8 Å². The third kappa shape index (κ3) is 5.55. The predicted octanol–water partition coefficient (Wildman–Crippen LogP) is 2.55. The van der Waals surface area contributed by atoms with Gasteiger partial charge in [0.05, 0.1) is 0 Å². The highest BCUT2D eigenvalue weighted by molar-refractivity contribution is 4.96. The van der Waals surface area contributed by atoms with Crippen LogP contribution in [0, 0.1) is 5.92 Å². The Labute approximate surface area is 151 Å². The highest BCUT2D eigenvalue weighted by Crippen LogP contribution is 2.22. The van der Waals surface area contributed by atoms with Crippen molar-refractivity contribution in [2.45, 2.75) is 51.4 Å². The molecule has 0 unspecified atom stereocenters. The number of rotatable bonds is 7. The van der Waals surface area contributed by atoms with E-state index in [-0.39, 0.29) is 0 Å². The van der Waals surface area contributed by atoms with Gasteiger partial charge in [-0.15, -0.1) is 0 Å². The van der Waals surface area contributed by atoms with Crippen molar-refractivity contribution in [2.24, 2.45) is 5.92 Å². The minimum atomic E-state index is -4.30. The molecule has 1 fully saturated rings. The van der Waals surface area contributed by atoms with Gasteiger partial charge in [-0.3, -0.25) is 4.68 Å². The summed E-state index contributed by atoms with van der Waals surface area (Å²) in [7, 11) is 2.09. The summed E-state index contributed by atoms with van der Waals surface area (Å²) < 4.78 is 41.4. The van der Waals surface area contributed by atoms with E-state index in [2.05, 4.69) is 27.1 Å². The summed E-state index contributed by atoms with van der Waals surface area (Å²) in [5.41, 5.74) is 0. The van der Waals surface area contributed by atoms with Crippen molar-refractivity contribution in [1.82, 2.24) is 29.4 Å². The van der Waals surface area contributed by atoms with Gasteiger partial charge >= 0.3 is 6.18 Å². The fraction of sp³-hybridized carbons (Fsp3) is 0.706. The normalized spacial score (nSPS) is 17.1. The molecule has 3 heterocycles. The van der Waals surface area contributed by atoms with Crippen LogP contribution >= 0.6 is 0 Å².